The monoisotopic (exact) mass is 480 g/mol. The average molecular weight is 481 g/mol. The molecule has 5 nitrogen and oxygen atoms in total. The first-order chi connectivity index (χ1) is 15.8. The molecule has 2 aromatic rings. The predicted molar refractivity (Wildman–Crippen MR) is 121 cm³/mol. The predicted octanol–water partition coefficient (Wildman–Crippen LogP) is 4.56. The standard InChI is InChI=1S/C24H27F3N2O3S/c1-31-19-11-17(24(25,26)27)12-20(33-2)21(19)22(30)28-23(16-7-4-3-5-8-16)9-6-10-29(15-23)18-13-32-14-18/h3-5,7-8,11-12,18H,6,9-10,13-15H2,1-2H3,(H,28,30). The number of carbonyl (C=O) groups is 1. The second-order valence-electron chi connectivity index (χ2n) is 8.42. The molecule has 2 aromatic carbocycles. The maximum Gasteiger partial charge on any atom is 0.416 e. The number of benzene rings is 2. The van der Waals surface area contributed by atoms with Crippen molar-refractivity contribution in [2.24, 2.45) is 0 Å². The number of carbonyl (C=O) groups excluding carboxylic acids is 1. The van der Waals surface area contributed by atoms with Crippen molar-refractivity contribution in [3.05, 3.63) is 59.2 Å². The van der Waals surface area contributed by atoms with E-state index in [-0.39, 0.29) is 16.2 Å². The normalized spacial score (nSPS) is 22.0. The van der Waals surface area contributed by atoms with E-state index in [0.29, 0.717) is 25.8 Å². The van der Waals surface area contributed by atoms with Gasteiger partial charge in [-0.15, -0.1) is 11.8 Å². The highest BCUT2D eigenvalue weighted by Gasteiger charge is 2.43. The van der Waals surface area contributed by atoms with Crippen LogP contribution in [0.5, 0.6) is 5.75 Å². The van der Waals surface area contributed by atoms with Crippen LogP contribution in [0.2, 0.25) is 0 Å². The van der Waals surface area contributed by atoms with E-state index < -0.39 is 23.2 Å². The van der Waals surface area contributed by atoms with Crippen molar-refractivity contribution in [2.75, 3.05) is 39.7 Å². The van der Waals surface area contributed by atoms with Crippen LogP contribution in [-0.2, 0) is 16.5 Å². The number of rotatable bonds is 6. The van der Waals surface area contributed by atoms with Crippen molar-refractivity contribution >= 4 is 17.7 Å². The SMILES string of the molecule is COc1cc(C(F)(F)F)cc(SC)c1C(=O)NC1(c2ccccc2)CCCN(C2COC2)C1. The molecule has 0 aromatic heterocycles. The van der Waals surface area contributed by atoms with E-state index in [4.69, 9.17) is 9.47 Å². The molecule has 0 spiro atoms. The van der Waals surface area contributed by atoms with Crippen LogP contribution in [0, 0.1) is 0 Å². The first-order valence-corrected chi connectivity index (χ1v) is 12.0. The number of piperidine rings is 1. The molecule has 1 N–H and O–H groups in total. The first kappa shape index (κ1) is 23.9. The Kier molecular flexibility index (Phi) is 6.93. The van der Waals surface area contributed by atoms with Gasteiger partial charge in [0, 0.05) is 11.4 Å². The summed E-state index contributed by atoms with van der Waals surface area (Å²) in [5.41, 5.74) is -0.417. The number of hydrogen-bond acceptors (Lipinski definition) is 5. The number of likely N-dealkylation sites (tertiary alicyclic amines) is 1. The fraction of sp³-hybridized carbons (Fsp3) is 0.458. The molecule has 9 heteroatoms. The number of amides is 1. The summed E-state index contributed by atoms with van der Waals surface area (Å²) in [6, 6.07) is 12.0. The minimum absolute atomic E-state index is 0.0880. The summed E-state index contributed by atoms with van der Waals surface area (Å²) < 4.78 is 50.8. The fourth-order valence-electron chi connectivity index (χ4n) is 4.58. The quantitative estimate of drug-likeness (QED) is 0.615. The van der Waals surface area contributed by atoms with Gasteiger partial charge in [-0.3, -0.25) is 9.69 Å². The van der Waals surface area contributed by atoms with Gasteiger partial charge in [-0.05, 0) is 43.3 Å². The summed E-state index contributed by atoms with van der Waals surface area (Å²) in [5, 5.41) is 3.21. The molecule has 178 valence electrons. The third-order valence-corrected chi connectivity index (χ3v) is 7.16. The number of halogens is 3. The van der Waals surface area contributed by atoms with Gasteiger partial charge in [0.2, 0.25) is 0 Å². The zero-order valence-corrected chi connectivity index (χ0v) is 19.4. The van der Waals surface area contributed by atoms with E-state index in [1.807, 2.05) is 30.3 Å². The maximum atomic E-state index is 13.6. The highest BCUT2D eigenvalue weighted by molar-refractivity contribution is 7.98. The van der Waals surface area contributed by atoms with Gasteiger partial charge in [-0.2, -0.15) is 13.2 Å². The van der Waals surface area contributed by atoms with Gasteiger partial charge in [0.1, 0.15) is 5.75 Å². The second-order valence-corrected chi connectivity index (χ2v) is 9.27. The third kappa shape index (κ3) is 4.85. The molecule has 1 atom stereocenters. The Bertz CT molecular complexity index is 973. The van der Waals surface area contributed by atoms with Gasteiger partial charge in [-0.25, -0.2) is 0 Å². The summed E-state index contributed by atoms with van der Waals surface area (Å²) in [7, 11) is 1.28. The zero-order valence-electron chi connectivity index (χ0n) is 18.6. The van der Waals surface area contributed by atoms with Gasteiger partial charge < -0.3 is 14.8 Å². The Morgan fingerprint density at radius 3 is 2.55 bits per heavy atom. The summed E-state index contributed by atoms with van der Waals surface area (Å²) >= 11 is 1.09. The van der Waals surface area contributed by atoms with Crippen LogP contribution in [0.25, 0.3) is 0 Å². The van der Waals surface area contributed by atoms with Gasteiger partial charge >= 0.3 is 6.18 Å². The van der Waals surface area contributed by atoms with E-state index in [0.717, 1.165) is 48.8 Å². The summed E-state index contributed by atoms with van der Waals surface area (Å²) in [6.07, 6.45) is -1.28. The highest BCUT2D eigenvalue weighted by atomic mass is 32.2. The van der Waals surface area contributed by atoms with Crippen LogP contribution in [0.1, 0.15) is 34.3 Å². The van der Waals surface area contributed by atoms with E-state index in [9.17, 15) is 18.0 Å². The number of nitrogens with one attached hydrogen (secondary N) is 1. The van der Waals surface area contributed by atoms with Crippen LogP contribution < -0.4 is 10.1 Å². The van der Waals surface area contributed by atoms with Crippen LogP contribution in [-0.4, -0.2) is 56.5 Å². The van der Waals surface area contributed by atoms with Crippen LogP contribution in [0.4, 0.5) is 13.2 Å². The molecule has 1 unspecified atom stereocenters. The molecule has 2 aliphatic heterocycles. The Morgan fingerprint density at radius 2 is 1.97 bits per heavy atom. The molecule has 2 heterocycles. The van der Waals surface area contributed by atoms with Crippen molar-refractivity contribution in [3.63, 3.8) is 0 Å². The van der Waals surface area contributed by atoms with Crippen molar-refractivity contribution < 1.29 is 27.4 Å². The Morgan fingerprint density at radius 1 is 1.24 bits per heavy atom. The molecule has 2 saturated heterocycles. The van der Waals surface area contributed by atoms with E-state index in [2.05, 4.69) is 10.2 Å². The van der Waals surface area contributed by atoms with Gasteiger partial charge in [-0.1, -0.05) is 30.3 Å². The summed E-state index contributed by atoms with van der Waals surface area (Å²) in [6.45, 7) is 2.86. The van der Waals surface area contributed by atoms with Crippen LogP contribution in [0.3, 0.4) is 0 Å². The van der Waals surface area contributed by atoms with Crippen LogP contribution >= 0.6 is 11.8 Å². The highest BCUT2D eigenvalue weighted by Crippen LogP contribution is 2.39. The molecule has 1 amide bonds. The number of thioether (sulfide) groups is 1. The van der Waals surface area contributed by atoms with Gasteiger partial charge in [0.05, 0.1) is 43.0 Å². The maximum absolute atomic E-state index is 13.6. The van der Waals surface area contributed by atoms with Crippen molar-refractivity contribution in [1.82, 2.24) is 10.2 Å². The van der Waals surface area contributed by atoms with E-state index >= 15 is 0 Å². The lowest BCUT2D eigenvalue weighted by Crippen LogP contribution is -2.61. The first-order valence-electron chi connectivity index (χ1n) is 10.8. The van der Waals surface area contributed by atoms with Crippen molar-refractivity contribution in [1.29, 1.82) is 0 Å². The minimum atomic E-state index is -4.53. The average Bonchev–Trinajstić information content (AvgIpc) is 2.77. The smallest absolute Gasteiger partial charge is 0.416 e. The third-order valence-electron chi connectivity index (χ3n) is 6.40. The molecule has 0 radical (unpaired) electrons. The lowest BCUT2D eigenvalue weighted by atomic mass is 9.81. The largest absolute Gasteiger partial charge is 0.496 e. The van der Waals surface area contributed by atoms with Crippen molar-refractivity contribution in [3.8, 4) is 5.75 Å². The lowest BCUT2D eigenvalue weighted by Gasteiger charge is -2.48. The van der Waals surface area contributed by atoms with Crippen LogP contribution in [0.15, 0.2) is 47.4 Å². The molecule has 0 bridgehead atoms. The second kappa shape index (κ2) is 9.56. The van der Waals surface area contributed by atoms with Crippen molar-refractivity contribution in [2.45, 2.75) is 35.5 Å². The molecular formula is C24H27F3N2O3S. The molecule has 2 fully saturated rings. The Balaban J connectivity index is 1.72. The molecule has 0 saturated carbocycles. The summed E-state index contributed by atoms with van der Waals surface area (Å²) in [5.74, 6) is -0.532. The number of ether oxygens (including phenoxy) is 2. The molecule has 2 aliphatic rings. The zero-order chi connectivity index (χ0) is 23.6. The topological polar surface area (TPSA) is 50.8 Å². The number of nitrogens with zero attached hydrogens (tertiary/aromatic N) is 1. The lowest BCUT2D eigenvalue weighted by molar-refractivity contribution is -0.137. The number of alkyl halides is 3. The molecular weight excluding hydrogens is 453 g/mol. The van der Waals surface area contributed by atoms with Gasteiger partial charge in [0.15, 0.2) is 0 Å². The molecule has 33 heavy (non-hydrogen) atoms. The molecule has 4 rings (SSSR count). The number of methoxy groups -OCH3 is 1. The Hall–Kier alpha value is -2.23. The number of hydrogen-bond donors (Lipinski definition) is 1. The Labute approximate surface area is 195 Å². The van der Waals surface area contributed by atoms with E-state index in [1.165, 1.54) is 7.11 Å². The molecule has 0 aliphatic carbocycles. The summed E-state index contributed by atoms with van der Waals surface area (Å²) in [4.78, 5) is 16.2. The van der Waals surface area contributed by atoms with E-state index in [1.54, 1.807) is 6.26 Å². The minimum Gasteiger partial charge on any atom is -0.496 e. The fourth-order valence-corrected chi connectivity index (χ4v) is 5.22. The van der Waals surface area contributed by atoms with Gasteiger partial charge in [0.25, 0.3) is 5.91 Å².